The van der Waals surface area contributed by atoms with Gasteiger partial charge in [-0.3, -0.25) is 14.4 Å². The number of carbonyl (C=O) groups is 3. The molecule has 7 heteroatoms. The maximum atomic E-state index is 12.7. The third-order valence-corrected chi connectivity index (χ3v) is 4.26. The van der Waals surface area contributed by atoms with Crippen molar-refractivity contribution in [1.82, 2.24) is 4.90 Å². The van der Waals surface area contributed by atoms with Gasteiger partial charge in [0, 0.05) is 6.04 Å². The average Bonchev–Trinajstić information content (AvgIpc) is 3.05. The van der Waals surface area contributed by atoms with E-state index in [1.165, 1.54) is 23.1 Å². The van der Waals surface area contributed by atoms with Crippen LogP contribution in [0.25, 0.3) is 0 Å². The lowest BCUT2D eigenvalue weighted by atomic mass is 10.0. The van der Waals surface area contributed by atoms with Gasteiger partial charge >= 0.3 is 5.97 Å². The zero-order chi connectivity index (χ0) is 17.0. The van der Waals surface area contributed by atoms with Crippen LogP contribution in [0.5, 0.6) is 5.75 Å². The molecule has 1 saturated carbocycles. The van der Waals surface area contributed by atoms with Crippen molar-refractivity contribution < 1.29 is 24.6 Å². The first kappa shape index (κ1) is 17.3. The van der Waals surface area contributed by atoms with Crippen LogP contribution in [0.3, 0.4) is 0 Å². The maximum Gasteiger partial charge on any atom is 0.323 e. The highest BCUT2D eigenvalue weighted by Crippen LogP contribution is 2.29. The molecule has 0 aliphatic heterocycles. The van der Waals surface area contributed by atoms with Crippen LogP contribution < -0.4 is 0 Å². The van der Waals surface area contributed by atoms with Crippen LogP contribution in [0.15, 0.2) is 18.2 Å². The summed E-state index contributed by atoms with van der Waals surface area (Å²) in [5.41, 5.74) is -0.110. The highest BCUT2D eigenvalue weighted by Gasteiger charge is 2.31. The number of ketones is 1. The van der Waals surface area contributed by atoms with E-state index in [0.717, 1.165) is 25.7 Å². The molecule has 124 valence electrons. The summed E-state index contributed by atoms with van der Waals surface area (Å²) < 4.78 is 0. The largest absolute Gasteiger partial charge is 0.506 e. The van der Waals surface area contributed by atoms with Crippen molar-refractivity contribution in [2.24, 2.45) is 0 Å². The van der Waals surface area contributed by atoms with Crippen LogP contribution in [0.2, 0.25) is 0 Å². The standard InChI is InChI=1S/C16H18ClNO5/c17-8-13(19)11-6-3-7-12(15(11)22)16(23)18(9-14(20)21)10-4-1-2-5-10/h3,6-7,10,22H,1-2,4-5,8-9H2,(H,20,21). The number of phenols is 1. The van der Waals surface area contributed by atoms with Crippen molar-refractivity contribution in [3.05, 3.63) is 29.3 Å². The number of amides is 1. The first-order valence-corrected chi connectivity index (χ1v) is 7.93. The molecule has 6 nitrogen and oxygen atoms in total. The highest BCUT2D eigenvalue weighted by molar-refractivity contribution is 6.31. The van der Waals surface area contributed by atoms with Crippen LogP contribution in [-0.2, 0) is 4.79 Å². The van der Waals surface area contributed by atoms with Gasteiger partial charge in [0.2, 0.25) is 0 Å². The number of halogens is 1. The molecule has 1 amide bonds. The lowest BCUT2D eigenvalue weighted by Gasteiger charge is -2.27. The Morgan fingerprint density at radius 3 is 2.35 bits per heavy atom. The van der Waals surface area contributed by atoms with E-state index in [9.17, 15) is 19.5 Å². The number of aliphatic carboxylic acids is 1. The summed E-state index contributed by atoms with van der Waals surface area (Å²) in [6.07, 6.45) is 3.34. The van der Waals surface area contributed by atoms with Crippen LogP contribution in [0.4, 0.5) is 0 Å². The van der Waals surface area contributed by atoms with Crippen molar-refractivity contribution in [3.8, 4) is 5.75 Å². The van der Waals surface area contributed by atoms with Gasteiger partial charge in [-0.15, -0.1) is 11.6 Å². The Bertz CT molecular complexity index is 625. The van der Waals surface area contributed by atoms with Gasteiger partial charge in [0.15, 0.2) is 5.78 Å². The third kappa shape index (κ3) is 3.82. The molecule has 23 heavy (non-hydrogen) atoms. The number of alkyl halides is 1. The monoisotopic (exact) mass is 339 g/mol. The number of rotatable bonds is 6. The maximum absolute atomic E-state index is 12.7. The Labute approximate surface area is 138 Å². The van der Waals surface area contributed by atoms with E-state index < -0.39 is 30.0 Å². The molecule has 0 spiro atoms. The fraction of sp³-hybridized carbons (Fsp3) is 0.438. The van der Waals surface area contributed by atoms with E-state index >= 15 is 0 Å². The van der Waals surface area contributed by atoms with Crippen molar-refractivity contribution in [1.29, 1.82) is 0 Å². The molecule has 1 aromatic rings. The van der Waals surface area contributed by atoms with Crippen molar-refractivity contribution >= 4 is 29.3 Å². The van der Waals surface area contributed by atoms with Crippen LogP contribution in [0, 0.1) is 0 Å². The average molecular weight is 340 g/mol. The fourth-order valence-corrected chi connectivity index (χ4v) is 3.04. The molecule has 0 unspecified atom stereocenters. The summed E-state index contributed by atoms with van der Waals surface area (Å²) in [7, 11) is 0. The van der Waals surface area contributed by atoms with Crippen LogP contribution in [-0.4, -0.2) is 51.2 Å². The highest BCUT2D eigenvalue weighted by atomic mass is 35.5. The molecule has 0 aromatic heterocycles. The van der Waals surface area contributed by atoms with E-state index in [2.05, 4.69) is 0 Å². The topological polar surface area (TPSA) is 94.9 Å². The Morgan fingerprint density at radius 2 is 1.78 bits per heavy atom. The molecule has 1 aliphatic carbocycles. The number of hydrogen-bond acceptors (Lipinski definition) is 4. The Hall–Kier alpha value is -2.08. The predicted octanol–water partition coefficient (Wildman–Crippen LogP) is 2.28. The number of aromatic hydroxyl groups is 1. The first-order chi connectivity index (χ1) is 11.0. The quantitative estimate of drug-likeness (QED) is 0.612. The molecule has 0 saturated heterocycles. The van der Waals surface area contributed by atoms with Gasteiger partial charge in [-0.1, -0.05) is 18.9 Å². The molecule has 1 aromatic carbocycles. The number of para-hydroxylation sites is 1. The molecular formula is C16H18ClNO5. The molecule has 0 bridgehead atoms. The zero-order valence-corrected chi connectivity index (χ0v) is 13.3. The second-order valence-corrected chi connectivity index (χ2v) is 5.79. The number of nitrogens with zero attached hydrogens (tertiary/aromatic N) is 1. The number of carboxylic acids is 1. The van der Waals surface area contributed by atoms with Gasteiger partial charge in [-0.05, 0) is 25.0 Å². The lowest BCUT2D eigenvalue weighted by molar-refractivity contribution is -0.138. The van der Waals surface area contributed by atoms with Crippen LogP contribution in [0.1, 0.15) is 46.4 Å². The van der Waals surface area contributed by atoms with Gasteiger partial charge in [0.1, 0.15) is 12.3 Å². The van der Waals surface area contributed by atoms with E-state index in [1.54, 1.807) is 0 Å². The molecule has 1 aliphatic rings. The number of phenolic OH excluding ortho intramolecular Hbond substituents is 1. The van der Waals surface area contributed by atoms with Gasteiger partial charge in [-0.25, -0.2) is 0 Å². The number of Topliss-reactive ketones (excluding diaryl/α,β-unsaturated/α-hetero) is 1. The Balaban J connectivity index is 2.36. The van der Waals surface area contributed by atoms with E-state index in [4.69, 9.17) is 16.7 Å². The summed E-state index contributed by atoms with van der Waals surface area (Å²) in [4.78, 5) is 36.8. The summed E-state index contributed by atoms with van der Waals surface area (Å²) in [6, 6.07) is 4.08. The summed E-state index contributed by atoms with van der Waals surface area (Å²) in [6.45, 7) is -0.434. The van der Waals surface area contributed by atoms with E-state index in [0.29, 0.717) is 0 Å². The molecule has 2 rings (SSSR count). The lowest BCUT2D eigenvalue weighted by Crippen LogP contribution is -2.42. The first-order valence-electron chi connectivity index (χ1n) is 7.39. The number of carboxylic acid groups (broad SMARTS) is 1. The summed E-state index contributed by atoms with van der Waals surface area (Å²) in [5, 5.41) is 19.3. The minimum atomic E-state index is -1.11. The SMILES string of the molecule is O=C(O)CN(C(=O)c1cccc(C(=O)CCl)c1O)C1CCCC1. The molecular weight excluding hydrogens is 322 g/mol. The number of benzene rings is 1. The second kappa shape index (κ2) is 7.46. The van der Waals surface area contributed by atoms with Gasteiger partial charge < -0.3 is 15.1 Å². The molecule has 2 N–H and O–H groups in total. The van der Waals surface area contributed by atoms with E-state index in [-0.39, 0.29) is 23.0 Å². The van der Waals surface area contributed by atoms with E-state index in [1.807, 2.05) is 0 Å². The van der Waals surface area contributed by atoms with Gasteiger partial charge in [0.25, 0.3) is 5.91 Å². The minimum absolute atomic E-state index is 0.0347. The number of hydrogen-bond donors (Lipinski definition) is 2. The molecule has 0 atom stereocenters. The molecule has 0 heterocycles. The smallest absolute Gasteiger partial charge is 0.323 e. The summed E-state index contributed by atoms with van der Waals surface area (Å²) in [5.74, 6) is -2.95. The third-order valence-electron chi connectivity index (χ3n) is 4.02. The number of carbonyl (C=O) groups excluding carboxylic acids is 2. The Kier molecular flexibility index (Phi) is 5.60. The normalized spacial score (nSPS) is 14.7. The minimum Gasteiger partial charge on any atom is -0.506 e. The zero-order valence-electron chi connectivity index (χ0n) is 12.5. The van der Waals surface area contributed by atoms with Gasteiger partial charge in [0.05, 0.1) is 17.0 Å². The Morgan fingerprint density at radius 1 is 1.17 bits per heavy atom. The van der Waals surface area contributed by atoms with Crippen molar-refractivity contribution in [3.63, 3.8) is 0 Å². The van der Waals surface area contributed by atoms with Gasteiger partial charge in [-0.2, -0.15) is 0 Å². The summed E-state index contributed by atoms with van der Waals surface area (Å²) >= 11 is 5.49. The second-order valence-electron chi connectivity index (χ2n) is 5.52. The van der Waals surface area contributed by atoms with Crippen LogP contribution >= 0.6 is 11.6 Å². The molecule has 0 radical (unpaired) electrons. The fourth-order valence-electron chi connectivity index (χ4n) is 2.90. The van der Waals surface area contributed by atoms with Crippen molar-refractivity contribution in [2.45, 2.75) is 31.7 Å². The molecule has 1 fully saturated rings. The van der Waals surface area contributed by atoms with Crippen molar-refractivity contribution in [2.75, 3.05) is 12.4 Å². The predicted molar refractivity (Wildman–Crippen MR) is 84.1 cm³/mol.